The van der Waals surface area contributed by atoms with Crippen molar-refractivity contribution in [2.45, 2.75) is 31.8 Å². The van der Waals surface area contributed by atoms with Gasteiger partial charge in [-0.1, -0.05) is 6.08 Å². The van der Waals surface area contributed by atoms with E-state index in [1.165, 1.54) is 19.3 Å². The van der Waals surface area contributed by atoms with Gasteiger partial charge in [-0.15, -0.1) is 6.58 Å². The minimum absolute atomic E-state index is 0.448. The van der Waals surface area contributed by atoms with Gasteiger partial charge in [-0.3, -0.25) is 0 Å². The maximum Gasteiger partial charge on any atom is 0.159 e. The van der Waals surface area contributed by atoms with Gasteiger partial charge >= 0.3 is 0 Å². The van der Waals surface area contributed by atoms with Crippen LogP contribution in [0.2, 0.25) is 0 Å². The number of ether oxygens (including phenoxy) is 1. The largest absolute Gasteiger partial charge is 0.374 e. The zero-order valence-corrected chi connectivity index (χ0v) is 11.7. The smallest absolute Gasteiger partial charge is 0.159 e. The third kappa shape index (κ3) is 3.05. The first-order valence-electron chi connectivity index (χ1n) is 7.28. The van der Waals surface area contributed by atoms with Gasteiger partial charge in [0.1, 0.15) is 0 Å². The summed E-state index contributed by atoms with van der Waals surface area (Å²) in [5, 5.41) is 1.11. The van der Waals surface area contributed by atoms with E-state index in [0.717, 1.165) is 29.1 Å². The molecule has 104 valence electrons. The summed E-state index contributed by atoms with van der Waals surface area (Å²) in [6, 6.07) is 8.23. The van der Waals surface area contributed by atoms with Crippen molar-refractivity contribution in [2.24, 2.45) is 5.92 Å². The zero-order valence-electron chi connectivity index (χ0n) is 11.7. The lowest BCUT2D eigenvalue weighted by Gasteiger charge is -2.34. The van der Waals surface area contributed by atoms with Crippen molar-refractivity contribution in [2.75, 3.05) is 6.61 Å². The predicted octanol–water partition coefficient (Wildman–Crippen LogP) is 3.54. The van der Waals surface area contributed by atoms with Crippen LogP contribution in [0.4, 0.5) is 0 Å². The van der Waals surface area contributed by atoms with E-state index in [1.54, 1.807) is 6.20 Å². The number of fused-ring (bicyclic) bond motifs is 1. The fourth-order valence-electron chi connectivity index (χ4n) is 2.73. The van der Waals surface area contributed by atoms with Crippen LogP contribution in [0.5, 0.6) is 0 Å². The predicted molar refractivity (Wildman–Crippen MR) is 80.5 cm³/mol. The van der Waals surface area contributed by atoms with Gasteiger partial charge in [0.2, 0.25) is 0 Å². The first-order chi connectivity index (χ1) is 9.85. The number of aryl methyl sites for hydroxylation is 1. The number of nitrogens with zero attached hydrogens (tertiary/aromatic N) is 2. The molecule has 20 heavy (non-hydrogen) atoms. The van der Waals surface area contributed by atoms with Gasteiger partial charge in [-0.25, -0.2) is 9.97 Å². The fraction of sp³-hybridized carbons (Fsp3) is 0.412. The molecule has 2 heterocycles. The van der Waals surface area contributed by atoms with Gasteiger partial charge in [-0.05, 0) is 55.9 Å². The topological polar surface area (TPSA) is 35.0 Å². The van der Waals surface area contributed by atoms with Gasteiger partial charge < -0.3 is 4.74 Å². The van der Waals surface area contributed by atoms with Gasteiger partial charge in [0.05, 0.1) is 12.7 Å². The monoisotopic (exact) mass is 268 g/mol. The molecule has 0 N–H and O–H groups in total. The van der Waals surface area contributed by atoms with Crippen molar-refractivity contribution in [3.63, 3.8) is 0 Å². The summed E-state index contributed by atoms with van der Waals surface area (Å²) in [4.78, 5) is 8.93. The van der Waals surface area contributed by atoms with E-state index < -0.39 is 0 Å². The number of rotatable bonds is 6. The molecule has 1 fully saturated rings. The van der Waals surface area contributed by atoms with Crippen molar-refractivity contribution in [1.82, 2.24) is 9.97 Å². The minimum Gasteiger partial charge on any atom is -0.374 e. The zero-order chi connectivity index (χ0) is 13.8. The van der Waals surface area contributed by atoms with E-state index in [-0.39, 0.29) is 0 Å². The Morgan fingerprint density at radius 2 is 2.20 bits per heavy atom. The average molecular weight is 268 g/mol. The maximum atomic E-state index is 5.62. The molecule has 0 saturated heterocycles. The van der Waals surface area contributed by atoms with Crippen LogP contribution in [0.15, 0.2) is 43.1 Å². The standard InChI is InChI=1S/C17H20N2O/c1-2-10-20-16-11-13(12-16)5-7-15-8-6-14-4-3-9-18-17(14)19-15/h2-4,6,8-9,13,16H,1,5,7,10-12H2/t13-,16-. The average Bonchev–Trinajstić information content (AvgIpc) is 2.45. The van der Waals surface area contributed by atoms with E-state index in [1.807, 2.05) is 18.2 Å². The Balaban J connectivity index is 1.50. The molecule has 0 unspecified atom stereocenters. The highest BCUT2D eigenvalue weighted by molar-refractivity contribution is 5.74. The van der Waals surface area contributed by atoms with Gasteiger partial charge in [0, 0.05) is 17.3 Å². The molecule has 0 atom stereocenters. The molecule has 0 spiro atoms. The summed E-state index contributed by atoms with van der Waals surface area (Å²) >= 11 is 0. The molecule has 0 amide bonds. The number of hydrogen-bond donors (Lipinski definition) is 0. The van der Waals surface area contributed by atoms with E-state index in [2.05, 4.69) is 28.7 Å². The molecule has 1 aliphatic carbocycles. The van der Waals surface area contributed by atoms with Crippen LogP contribution in [0, 0.1) is 5.92 Å². The lowest BCUT2D eigenvalue weighted by atomic mass is 9.79. The van der Waals surface area contributed by atoms with Crippen LogP contribution in [0.3, 0.4) is 0 Å². The maximum absolute atomic E-state index is 5.62. The van der Waals surface area contributed by atoms with Crippen LogP contribution in [0.25, 0.3) is 11.0 Å². The molecular weight excluding hydrogens is 248 g/mol. The highest BCUT2D eigenvalue weighted by Gasteiger charge is 2.29. The Hall–Kier alpha value is -1.74. The van der Waals surface area contributed by atoms with Crippen LogP contribution in [0.1, 0.15) is 25.0 Å². The van der Waals surface area contributed by atoms with Crippen LogP contribution < -0.4 is 0 Å². The number of aromatic nitrogens is 2. The Morgan fingerprint density at radius 3 is 3.05 bits per heavy atom. The highest BCUT2D eigenvalue weighted by atomic mass is 16.5. The number of pyridine rings is 2. The highest BCUT2D eigenvalue weighted by Crippen LogP contribution is 2.33. The van der Waals surface area contributed by atoms with Crippen molar-refractivity contribution in [1.29, 1.82) is 0 Å². The van der Waals surface area contributed by atoms with E-state index in [9.17, 15) is 0 Å². The summed E-state index contributed by atoms with van der Waals surface area (Å²) in [5.74, 6) is 0.783. The molecule has 3 rings (SSSR count). The van der Waals surface area contributed by atoms with E-state index in [4.69, 9.17) is 4.74 Å². The third-order valence-corrected chi connectivity index (χ3v) is 3.97. The van der Waals surface area contributed by atoms with Crippen molar-refractivity contribution in [3.05, 3.63) is 48.8 Å². The summed E-state index contributed by atoms with van der Waals surface area (Å²) in [6.07, 6.45) is 8.65. The summed E-state index contributed by atoms with van der Waals surface area (Å²) in [7, 11) is 0. The summed E-state index contributed by atoms with van der Waals surface area (Å²) in [5.41, 5.74) is 2.00. The molecule has 1 saturated carbocycles. The SMILES string of the molecule is C=CCO[C@H]1C[C@H](CCc2ccc3cccnc3n2)C1. The normalized spacial score (nSPS) is 21.6. The second-order valence-electron chi connectivity index (χ2n) is 5.47. The summed E-state index contributed by atoms with van der Waals surface area (Å²) < 4.78 is 5.62. The van der Waals surface area contributed by atoms with Gasteiger partial charge in [0.15, 0.2) is 5.65 Å². The minimum atomic E-state index is 0.448. The Morgan fingerprint density at radius 1 is 1.30 bits per heavy atom. The molecule has 0 radical (unpaired) electrons. The molecule has 2 aromatic heterocycles. The molecule has 0 aromatic carbocycles. The molecule has 0 aliphatic heterocycles. The first kappa shape index (κ1) is 13.3. The number of hydrogen-bond acceptors (Lipinski definition) is 3. The molecule has 0 bridgehead atoms. The molecule has 2 aromatic rings. The lowest BCUT2D eigenvalue weighted by molar-refractivity contribution is -0.0192. The van der Waals surface area contributed by atoms with Crippen molar-refractivity contribution >= 4 is 11.0 Å². The quantitative estimate of drug-likeness (QED) is 0.752. The molecule has 3 nitrogen and oxygen atoms in total. The molecular formula is C17H20N2O. The van der Waals surface area contributed by atoms with E-state index >= 15 is 0 Å². The van der Waals surface area contributed by atoms with Crippen LogP contribution in [-0.2, 0) is 11.2 Å². The van der Waals surface area contributed by atoms with Crippen molar-refractivity contribution < 1.29 is 4.74 Å². The first-order valence-corrected chi connectivity index (χ1v) is 7.28. The Kier molecular flexibility index (Phi) is 4.07. The van der Waals surface area contributed by atoms with E-state index in [0.29, 0.717) is 12.7 Å². The second-order valence-corrected chi connectivity index (χ2v) is 5.47. The van der Waals surface area contributed by atoms with Crippen LogP contribution in [-0.4, -0.2) is 22.7 Å². The Labute approximate surface area is 119 Å². The fourth-order valence-corrected chi connectivity index (χ4v) is 2.73. The van der Waals surface area contributed by atoms with Crippen LogP contribution >= 0.6 is 0 Å². The van der Waals surface area contributed by atoms with Crippen molar-refractivity contribution in [3.8, 4) is 0 Å². The third-order valence-electron chi connectivity index (χ3n) is 3.97. The Bertz CT molecular complexity index is 590. The van der Waals surface area contributed by atoms with Gasteiger partial charge in [-0.2, -0.15) is 0 Å². The second kappa shape index (κ2) is 6.14. The lowest BCUT2D eigenvalue weighted by Crippen LogP contribution is -2.31. The van der Waals surface area contributed by atoms with Gasteiger partial charge in [0.25, 0.3) is 0 Å². The molecule has 1 aliphatic rings. The molecule has 3 heteroatoms. The summed E-state index contributed by atoms with van der Waals surface area (Å²) in [6.45, 7) is 4.35.